The van der Waals surface area contributed by atoms with Crippen molar-refractivity contribution in [3.05, 3.63) is 65.7 Å². The van der Waals surface area contributed by atoms with Crippen molar-refractivity contribution in [3.63, 3.8) is 0 Å². The molecule has 132 valence electrons. The monoisotopic (exact) mass is 359 g/mol. The summed E-state index contributed by atoms with van der Waals surface area (Å²) < 4.78 is 16.8. The summed E-state index contributed by atoms with van der Waals surface area (Å²) in [6.07, 6.45) is 1.49. The molecule has 0 bridgehead atoms. The van der Waals surface area contributed by atoms with Gasteiger partial charge in [0.1, 0.15) is 0 Å². The molecule has 0 aliphatic carbocycles. The molecule has 0 aliphatic heterocycles. The second-order valence-corrected chi connectivity index (χ2v) is 6.97. The number of ether oxygens (including phenoxy) is 1. The number of amides is 1. The zero-order chi connectivity index (χ0) is 18.4. The molecule has 0 radical (unpaired) electrons. The third-order valence-electron chi connectivity index (χ3n) is 4.00. The first kappa shape index (κ1) is 18.9. The van der Waals surface area contributed by atoms with Gasteiger partial charge >= 0.3 is 5.97 Å². The van der Waals surface area contributed by atoms with Gasteiger partial charge in [-0.2, -0.15) is 0 Å². The molecule has 1 amide bonds. The second-order valence-electron chi connectivity index (χ2n) is 5.62. The summed E-state index contributed by atoms with van der Waals surface area (Å²) in [6.45, 7) is 1.54. The number of hydrogen-bond acceptors (Lipinski definition) is 4. The highest BCUT2D eigenvalue weighted by Crippen LogP contribution is 2.18. The summed E-state index contributed by atoms with van der Waals surface area (Å²) in [7, 11) is 0.357. The first-order valence-corrected chi connectivity index (χ1v) is 9.37. The van der Waals surface area contributed by atoms with Crippen LogP contribution in [0.4, 0.5) is 0 Å². The largest absolute Gasteiger partial charge is 0.452 e. The van der Waals surface area contributed by atoms with Crippen LogP contribution in [0.25, 0.3) is 0 Å². The lowest BCUT2D eigenvalue weighted by atomic mass is 10.1. The molecule has 5 nitrogen and oxygen atoms in total. The van der Waals surface area contributed by atoms with Crippen LogP contribution in [-0.2, 0) is 20.3 Å². The van der Waals surface area contributed by atoms with E-state index in [1.165, 1.54) is 11.2 Å². The molecule has 0 aliphatic rings. The van der Waals surface area contributed by atoms with E-state index in [1.54, 1.807) is 31.3 Å². The number of carbonyl (C=O) groups excluding carboxylic acids is 2. The van der Waals surface area contributed by atoms with Crippen LogP contribution >= 0.6 is 0 Å². The molecule has 0 N–H and O–H groups in total. The molecule has 0 saturated heterocycles. The van der Waals surface area contributed by atoms with Gasteiger partial charge in [0.05, 0.1) is 27.3 Å². The van der Waals surface area contributed by atoms with E-state index < -0.39 is 16.8 Å². The molecule has 0 fully saturated rings. The highest BCUT2D eigenvalue weighted by molar-refractivity contribution is 7.84. The molecule has 2 rings (SSSR count). The Bertz CT molecular complexity index is 776. The minimum atomic E-state index is -1.31. The summed E-state index contributed by atoms with van der Waals surface area (Å²) in [5, 5.41) is 0. The van der Waals surface area contributed by atoms with Crippen LogP contribution in [0.15, 0.2) is 59.5 Å². The second kappa shape index (κ2) is 8.58. The van der Waals surface area contributed by atoms with E-state index in [-0.39, 0.29) is 24.1 Å². The van der Waals surface area contributed by atoms with Crippen molar-refractivity contribution in [2.45, 2.75) is 17.9 Å². The minimum absolute atomic E-state index is 0.136. The van der Waals surface area contributed by atoms with Gasteiger partial charge in [-0.25, -0.2) is 4.79 Å². The summed E-state index contributed by atoms with van der Waals surface area (Å²) in [4.78, 5) is 26.4. The van der Waals surface area contributed by atoms with Gasteiger partial charge in [0.2, 0.25) is 0 Å². The van der Waals surface area contributed by atoms with Crippen LogP contribution in [0.5, 0.6) is 0 Å². The molecule has 0 spiro atoms. The van der Waals surface area contributed by atoms with Gasteiger partial charge in [-0.05, 0) is 24.6 Å². The molecule has 0 heterocycles. The Balaban J connectivity index is 2.00. The van der Waals surface area contributed by atoms with E-state index in [4.69, 9.17) is 4.74 Å². The van der Waals surface area contributed by atoms with Crippen molar-refractivity contribution in [1.82, 2.24) is 4.90 Å². The Morgan fingerprint density at radius 1 is 1.08 bits per heavy atom. The molecule has 0 aromatic heterocycles. The number of likely N-dealkylation sites (N-methyl/N-ethyl adjacent to an activating group) is 1. The third-order valence-corrected chi connectivity index (χ3v) is 4.98. The number of hydrogen-bond donors (Lipinski definition) is 0. The number of carbonyl (C=O) groups is 2. The number of rotatable bonds is 6. The lowest BCUT2D eigenvalue weighted by molar-refractivity contribution is -0.135. The van der Waals surface area contributed by atoms with Gasteiger partial charge in [-0.15, -0.1) is 0 Å². The maximum atomic E-state index is 12.3. The molecule has 6 heteroatoms. The van der Waals surface area contributed by atoms with E-state index >= 15 is 0 Å². The fourth-order valence-electron chi connectivity index (χ4n) is 2.36. The van der Waals surface area contributed by atoms with Gasteiger partial charge in [0.15, 0.2) is 6.61 Å². The summed E-state index contributed by atoms with van der Waals surface area (Å²) in [5.41, 5.74) is 1.21. The van der Waals surface area contributed by atoms with E-state index in [2.05, 4.69) is 0 Å². The van der Waals surface area contributed by atoms with E-state index in [0.717, 1.165) is 5.56 Å². The zero-order valence-electron chi connectivity index (χ0n) is 14.5. The fourth-order valence-corrected chi connectivity index (χ4v) is 3.10. The number of nitrogens with zero attached hydrogens (tertiary/aromatic N) is 1. The molecular weight excluding hydrogens is 338 g/mol. The van der Waals surface area contributed by atoms with E-state index in [9.17, 15) is 13.8 Å². The predicted octanol–water partition coefficient (Wildman–Crippen LogP) is 2.80. The van der Waals surface area contributed by atoms with E-state index in [0.29, 0.717) is 4.90 Å². The Hall–Kier alpha value is -2.47. The van der Waals surface area contributed by atoms with Gasteiger partial charge in [0, 0.05) is 13.3 Å². The van der Waals surface area contributed by atoms with E-state index in [1.807, 2.05) is 37.3 Å². The smallest absolute Gasteiger partial charge is 0.339 e. The molecular formula is C19H21NO4S. The van der Waals surface area contributed by atoms with Gasteiger partial charge in [-0.1, -0.05) is 42.5 Å². The van der Waals surface area contributed by atoms with Crippen molar-refractivity contribution in [3.8, 4) is 0 Å². The molecule has 2 aromatic carbocycles. The zero-order valence-corrected chi connectivity index (χ0v) is 15.3. The van der Waals surface area contributed by atoms with Crippen LogP contribution in [0.2, 0.25) is 0 Å². The van der Waals surface area contributed by atoms with Crippen LogP contribution in [0.1, 0.15) is 28.9 Å². The number of benzene rings is 2. The topological polar surface area (TPSA) is 63.7 Å². The van der Waals surface area contributed by atoms with Crippen molar-refractivity contribution >= 4 is 22.7 Å². The lowest BCUT2D eigenvalue weighted by Gasteiger charge is -2.25. The third kappa shape index (κ3) is 4.76. The first-order chi connectivity index (χ1) is 11.9. The van der Waals surface area contributed by atoms with Gasteiger partial charge < -0.3 is 9.64 Å². The SMILES string of the molecule is C[C@H](c1ccccc1)N(C)C(=O)COC(=O)c1ccccc1[S@@](C)=O. The summed E-state index contributed by atoms with van der Waals surface area (Å²) in [5.74, 6) is -0.959. The first-order valence-electron chi connectivity index (χ1n) is 7.82. The van der Waals surface area contributed by atoms with Crippen LogP contribution in [0.3, 0.4) is 0 Å². The minimum Gasteiger partial charge on any atom is -0.452 e. The molecule has 0 saturated carbocycles. The van der Waals surface area contributed by atoms with Gasteiger partial charge in [-0.3, -0.25) is 9.00 Å². The van der Waals surface area contributed by atoms with Crippen LogP contribution < -0.4 is 0 Å². The highest BCUT2D eigenvalue weighted by atomic mass is 32.2. The molecule has 2 atom stereocenters. The average molecular weight is 359 g/mol. The Labute approximate surface area is 150 Å². The molecule has 0 unspecified atom stereocenters. The Morgan fingerprint density at radius 3 is 2.32 bits per heavy atom. The van der Waals surface area contributed by atoms with Crippen molar-refractivity contribution in [1.29, 1.82) is 0 Å². The Morgan fingerprint density at radius 2 is 1.68 bits per heavy atom. The van der Waals surface area contributed by atoms with Crippen molar-refractivity contribution < 1.29 is 18.5 Å². The maximum absolute atomic E-state index is 12.3. The Kier molecular flexibility index (Phi) is 6.47. The molecule has 2 aromatic rings. The average Bonchev–Trinajstić information content (AvgIpc) is 2.65. The number of esters is 1. The van der Waals surface area contributed by atoms with Crippen molar-refractivity contribution in [2.24, 2.45) is 0 Å². The fraction of sp³-hybridized carbons (Fsp3) is 0.263. The molecule has 25 heavy (non-hydrogen) atoms. The highest BCUT2D eigenvalue weighted by Gasteiger charge is 2.20. The summed E-state index contributed by atoms with van der Waals surface area (Å²) in [6, 6.07) is 16.0. The standard InChI is InChI=1S/C19H21NO4S/c1-14(15-9-5-4-6-10-15)20(2)18(21)13-24-19(22)16-11-7-8-12-17(16)25(3)23/h4-12,14H,13H2,1-3H3/t14-,25-/m1/s1. The van der Waals surface area contributed by atoms with Crippen molar-refractivity contribution in [2.75, 3.05) is 19.9 Å². The lowest BCUT2D eigenvalue weighted by Crippen LogP contribution is -2.33. The van der Waals surface area contributed by atoms with Crippen LogP contribution in [0, 0.1) is 0 Å². The normalized spacial score (nSPS) is 12.9. The van der Waals surface area contributed by atoms with Crippen LogP contribution in [-0.4, -0.2) is 40.9 Å². The quantitative estimate of drug-likeness (QED) is 0.744. The van der Waals surface area contributed by atoms with Gasteiger partial charge in [0.25, 0.3) is 5.91 Å². The summed E-state index contributed by atoms with van der Waals surface area (Å²) >= 11 is 0. The maximum Gasteiger partial charge on any atom is 0.339 e. The predicted molar refractivity (Wildman–Crippen MR) is 96.7 cm³/mol.